The normalized spacial score (nSPS) is 18.2. The predicted molar refractivity (Wildman–Crippen MR) is 242 cm³/mol. The molecule has 1 aromatic heterocycles. The van der Waals surface area contributed by atoms with E-state index in [9.17, 15) is 25.5 Å². The van der Waals surface area contributed by atoms with Crippen molar-refractivity contribution in [1.29, 1.82) is 0 Å². The largest absolute Gasteiger partial charge is 0.504 e. The molecule has 8 aromatic rings. The number of para-hydroxylation sites is 2. The zero-order valence-electron chi connectivity index (χ0n) is 32.5. The van der Waals surface area contributed by atoms with E-state index in [1.807, 2.05) is 42.5 Å². The van der Waals surface area contributed by atoms with E-state index in [0.717, 1.165) is 44.5 Å². The summed E-state index contributed by atoms with van der Waals surface area (Å²) in [6, 6.07) is 50.5. The van der Waals surface area contributed by atoms with Gasteiger partial charge in [-0.15, -0.1) is 0 Å². The molecule has 11 rings (SSSR count). The number of hydrogen-bond donors (Lipinski definition) is 7. The van der Waals surface area contributed by atoms with Crippen molar-refractivity contribution >= 4 is 39.4 Å². The van der Waals surface area contributed by atoms with Crippen molar-refractivity contribution in [3.8, 4) is 56.7 Å². The summed E-state index contributed by atoms with van der Waals surface area (Å²) in [5.41, 5.74) is 10.7. The lowest BCUT2D eigenvalue weighted by Gasteiger charge is -2.34. The predicted octanol–water partition coefficient (Wildman–Crippen LogP) is 10.7. The Balaban J connectivity index is 1.04. The molecular formula is C51H38N4O5S. The Hall–Kier alpha value is -7.40. The molecule has 0 fully saturated rings. The minimum absolute atomic E-state index is 0.0974. The molecule has 3 atom stereocenters. The number of phenols is 5. The number of amidine groups is 1. The third-order valence-corrected chi connectivity index (χ3v) is 13.2. The van der Waals surface area contributed by atoms with Gasteiger partial charge in [0.05, 0.1) is 16.6 Å². The van der Waals surface area contributed by atoms with Crippen molar-refractivity contribution in [2.75, 3.05) is 0 Å². The summed E-state index contributed by atoms with van der Waals surface area (Å²) in [5, 5.41) is 62.0. The number of thioether (sulfide) groups is 1. The molecule has 0 bridgehead atoms. The highest BCUT2D eigenvalue weighted by Gasteiger charge is 2.38. The molecule has 0 saturated heterocycles. The molecule has 7 aromatic carbocycles. The first-order chi connectivity index (χ1) is 29.8. The first-order valence-corrected chi connectivity index (χ1v) is 20.9. The first kappa shape index (κ1) is 36.7. The first-order valence-electron chi connectivity index (χ1n) is 20.1. The van der Waals surface area contributed by atoms with Crippen LogP contribution in [0, 0.1) is 0 Å². The Morgan fingerprint density at radius 1 is 0.590 bits per heavy atom. The molecule has 0 spiro atoms. The number of nitrogens with one attached hydrogen (secondary N) is 2. The fourth-order valence-corrected chi connectivity index (χ4v) is 10.5. The maximum Gasteiger partial charge on any atom is 0.208 e. The summed E-state index contributed by atoms with van der Waals surface area (Å²) in [4.78, 5) is 7.43. The Kier molecular flexibility index (Phi) is 8.66. The smallest absolute Gasteiger partial charge is 0.208 e. The van der Waals surface area contributed by atoms with Gasteiger partial charge in [-0.25, -0.2) is 4.99 Å². The fraction of sp³-hybridized carbons (Fsp3) is 0.0784. The average molecular weight is 819 g/mol. The topological polar surface area (TPSA) is 142 Å². The van der Waals surface area contributed by atoms with Crippen LogP contribution in [-0.4, -0.2) is 42.1 Å². The van der Waals surface area contributed by atoms with Crippen LogP contribution in [0.3, 0.4) is 0 Å². The van der Waals surface area contributed by atoms with Gasteiger partial charge < -0.3 is 35.4 Å². The fourth-order valence-electron chi connectivity index (χ4n) is 9.15. The van der Waals surface area contributed by atoms with E-state index >= 15 is 0 Å². The lowest BCUT2D eigenvalue weighted by atomic mass is 9.84. The molecule has 10 heteroatoms. The number of aliphatic imine (C=N–C) groups is 1. The number of benzene rings is 7. The lowest BCUT2D eigenvalue weighted by Crippen LogP contribution is -2.49. The molecule has 298 valence electrons. The summed E-state index contributed by atoms with van der Waals surface area (Å²) >= 11 is 1.77. The number of rotatable bonds is 6. The Labute approximate surface area is 354 Å². The van der Waals surface area contributed by atoms with Gasteiger partial charge in [0.1, 0.15) is 18.2 Å². The van der Waals surface area contributed by atoms with E-state index in [2.05, 4.69) is 130 Å². The Morgan fingerprint density at radius 3 is 1.90 bits per heavy atom. The highest BCUT2D eigenvalue weighted by Crippen LogP contribution is 2.57. The number of phenolic OH excluding ortho intramolecular Hbond substituents is 5. The van der Waals surface area contributed by atoms with Crippen molar-refractivity contribution in [3.05, 3.63) is 185 Å². The minimum Gasteiger partial charge on any atom is -0.504 e. The molecular weight excluding hydrogens is 781 g/mol. The molecule has 1 aliphatic carbocycles. The summed E-state index contributed by atoms with van der Waals surface area (Å²) in [6.07, 6.45) is 3.38. The monoisotopic (exact) mass is 818 g/mol. The van der Waals surface area contributed by atoms with Crippen LogP contribution >= 0.6 is 11.8 Å². The molecule has 9 nitrogen and oxygen atoms in total. The van der Waals surface area contributed by atoms with Crippen LogP contribution in [0.2, 0.25) is 0 Å². The zero-order valence-corrected chi connectivity index (χ0v) is 33.3. The van der Waals surface area contributed by atoms with Crippen molar-refractivity contribution in [1.82, 2.24) is 15.2 Å². The standard InChI is InChI=1S/C51H38N4O5S/c56-44-42(45(57)47(59)48(60)46(44)58)51-53-49(30-17-8-3-9-18-30)52-50(54-51)31-23-24-36-39(25-31)61-40-27-32(26-37(41(36)40)29-15-6-2-7-16-29)55-38-22-11-10-19-34(38)35-21-12-20-33(43(35)55)28-13-4-1-5-14-28/h1-23,25-27,36,50-51,54,56-60H,24H2,(H,52,53). The van der Waals surface area contributed by atoms with E-state index in [4.69, 9.17) is 4.99 Å². The van der Waals surface area contributed by atoms with Crippen molar-refractivity contribution in [3.63, 3.8) is 0 Å². The SMILES string of the molecule is Oc1c(O)c(O)c(C2NC(c3ccccc3)=NC(C3=CCC4C(=C3)Sc3cc(-n5c6ccccc6c6cccc(-c7ccccc7)c65)cc(-c5ccccc5)c34)N2)c(O)c1O. The van der Waals surface area contributed by atoms with Gasteiger partial charge in [0.25, 0.3) is 0 Å². The zero-order chi connectivity index (χ0) is 41.4. The molecule has 3 unspecified atom stereocenters. The van der Waals surface area contributed by atoms with Crippen LogP contribution < -0.4 is 10.6 Å². The number of fused-ring (bicyclic) bond motifs is 6. The third-order valence-electron chi connectivity index (χ3n) is 12.0. The van der Waals surface area contributed by atoms with Crippen LogP contribution in [-0.2, 0) is 0 Å². The number of allylic oxidation sites excluding steroid dienone is 2. The number of hydrogen-bond acceptors (Lipinski definition) is 9. The maximum atomic E-state index is 11.0. The molecule has 3 heterocycles. The quantitative estimate of drug-likeness (QED) is 0.0649. The summed E-state index contributed by atoms with van der Waals surface area (Å²) in [5.74, 6) is -3.87. The number of nitrogens with zero attached hydrogens (tertiary/aromatic N) is 2. The van der Waals surface area contributed by atoms with Crippen molar-refractivity contribution in [2.24, 2.45) is 4.99 Å². The minimum atomic E-state index is -1.03. The van der Waals surface area contributed by atoms with Crippen LogP contribution in [0.1, 0.15) is 35.2 Å². The van der Waals surface area contributed by atoms with Gasteiger partial charge in [-0.2, -0.15) is 0 Å². The highest BCUT2D eigenvalue weighted by atomic mass is 32.2. The summed E-state index contributed by atoms with van der Waals surface area (Å²) < 4.78 is 2.42. The molecule has 0 amide bonds. The number of aromatic nitrogens is 1. The van der Waals surface area contributed by atoms with Crippen LogP contribution in [0.4, 0.5) is 0 Å². The highest BCUT2D eigenvalue weighted by molar-refractivity contribution is 8.03. The maximum absolute atomic E-state index is 11.0. The van der Waals surface area contributed by atoms with Crippen LogP contribution in [0.5, 0.6) is 28.7 Å². The van der Waals surface area contributed by atoms with E-state index in [-0.39, 0.29) is 11.5 Å². The van der Waals surface area contributed by atoms with E-state index < -0.39 is 41.1 Å². The van der Waals surface area contributed by atoms with Gasteiger partial charge in [-0.05, 0) is 63.4 Å². The summed E-state index contributed by atoms with van der Waals surface area (Å²) in [7, 11) is 0. The van der Waals surface area contributed by atoms with E-state index in [0.29, 0.717) is 12.3 Å². The van der Waals surface area contributed by atoms with Crippen LogP contribution in [0.15, 0.2) is 178 Å². The number of aromatic hydroxyl groups is 5. The molecule has 0 saturated carbocycles. The van der Waals surface area contributed by atoms with Crippen molar-refractivity contribution < 1.29 is 25.5 Å². The molecule has 7 N–H and O–H groups in total. The van der Waals surface area contributed by atoms with E-state index in [1.165, 1.54) is 31.7 Å². The Morgan fingerprint density at radius 2 is 1.20 bits per heavy atom. The van der Waals surface area contributed by atoms with Gasteiger partial charge in [0.15, 0.2) is 11.5 Å². The molecule has 2 aliphatic heterocycles. The third kappa shape index (κ3) is 5.94. The van der Waals surface area contributed by atoms with E-state index in [1.54, 1.807) is 11.8 Å². The Bertz CT molecular complexity index is 3130. The lowest BCUT2D eigenvalue weighted by molar-refractivity contribution is 0.312. The average Bonchev–Trinajstić information content (AvgIpc) is 3.86. The van der Waals surface area contributed by atoms with Gasteiger partial charge >= 0.3 is 0 Å². The summed E-state index contributed by atoms with van der Waals surface area (Å²) in [6.45, 7) is 0. The van der Waals surface area contributed by atoms with Gasteiger partial charge in [0, 0.05) is 38.4 Å². The molecule has 0 radical (unpaired) electrons. The van der Waals surface area contributed by atoms with Crippen molar-refractivity contribution in [2.45, 2.75) is 29.6 Å². The van der Waals surface area contributed by atoms with Gasteiger partial charge in [-0.1, -0.05) is 145 Å². The second kappa shape index (κ2) is 14.4. The second-order valence-corrected chi connectivity index (χ2v) is 16.6. The van der Waals surface area contributed by atoms with Crippen LogP contribution in [0.25, 0.3) is 49.7 Å². The second-order valence-electron chi connectivity index (χ2n) is 15.5. The molecule has 61 heavy (non-hydrogen) atoms. The van der Waals surface area contributed by atoms with Gasteiger partial charge in [-0.3, -0.25) is 5.32 Å². The molecule has 3 aliphatic rings. The van der Waals surface area contributed by atoms with Gasteiger partial charge in [0.2, 0.25) is 17.2 Å².